The molecule has 1 nitrogen and oxygen atoms in total. The van der Waals surface area contributed by atoms with Crippen molar-refractivity contribution in [2.75, 3.05) is 0 Å². The molecule has 1 rings (SSSR count). The second kappa shape index (κ2) is 2.50. The Morgan fingerprint density at radius 1 is 1.75 bits per heavy atom. The van der Waals surface area contributed by atoms with Gasteiger partial charge in [0.2, 0.25) is 0 Å². The average Bonchev–Trinajstić information content (AvgIpc) is 1.90. The summed E-state index contributed by atoms with van der Waals surface area (Å²) < 4.78 is 0. The topological polar surface area (TPSA) is 20.2 Å². The Kier molecular flexibility index (Phi) is 1.68. The first-order chi connectivity index (χ1) is 3.93. The van der Waals surface area contributed by atoms with Gasteiger partial charge in [-0.2, -0.15) is 0 Å². The van der Waals surface area contributed by atoms with Crippen molar-refractivity contribution in [2.45, 2.75) is 6.42 Å². The van der Waals surface area contributed by atoms with Crippen molar-refractivity contribution in [3.05, 3.63) is 24.3 Å². The summed E-state index contributed by atoms with van der Waals surface area (Å²) in [5.41, 5.74) is 0.840. The number of allylic oxidation sites excluding steroid dienone is 4. The van der Waals surface area contributed by atoms with E-state index in [9.17, 15) is 0 Å². The van der Waals surface area contributed by atoms with Gasteiger partial charge in [0.25, 0.3) is 0 Å². The molecule has 0 heterocycles. The molecule has 1 radical (unpaired) electrons. The molecular formula is C6H6BO. The summed E-state index contributed by atoms with van der Waals surface area (Å²) in [5.74, 6) is 0. The first kappa shape index (κ1) is 5.35. The van der Waals surface area contributed by atoms with Gasteiger partial charge in [0.15, 0.2) is 0 Å². The van der Waals surface area contributed by atoms with E-state index in [1.54, 1.807) is 6.08 Å². The summed E-state index contributed by atoms with van der Waals surface area (Å²) >= 11 is 0. The van der Waals surface area contributed by atoms with E-state index in [0.717, 1.165) is 19.0 Å². The van der Waals surface area contributed by atoms with Crippen LogP contribution in [0.1, 0.15) is 6.42 Å². The van der Waals surface area contributed by atoms with Crippen LogP contribution in [-0.2, 0) is 0 Å². The van der Waals surface area contributed by atoms with E-state index in [1.165, 1.54) is 0 Å². The van der Waals surface area contributed by atoms with Crippen molar-refractivity contribution in [1.82, 2.24) is 0 Å². The Morgan fingerprint density at radius 2 is 2.62 bits per heavy atom. The summed E-state index contributed by atoms with van der Waals surface area (Å²) in [6.45, 7) is 0. The van der Waals surface area contributed by atoms with Gasteiger partial charge in [-0.15, -0.1) is 0 Å². The van der Waals surface area contributed by atoms with Crippen molar-refractivity contribution in [1.29, 1.82) is 0 Å². The Morgan fingerprint density at radius 3 is 3.00 bits per heavy atom. The Hall–Kier alpha value is -0.785. The molecule has 0 fully saturated rings. The van der Waals surface area contributed by atoms with Gasteiger partial charge >= 0.3 is 48.3 Å². The van der Waals surface area contributed by atoms with Crippen LogP contribution in [0.15, 0.2) is 18.2 Å². The van der Waals surface area contributed by atoms with E-state index in [4.69, 9.17) is 5.02 Å². The van der Waals surface area contributed by atoms with Gasteiger partial charge in [-0.05, 0) is 0 Å². The van der Waals surface area contributed by atoms with E-state index in [-0.39, 0.29) is 0 Å². The number of rotatable bonds is 0. The second-order valence-electron chi connectivity index (χ2n) is 1.60. The third kappa shape index (κ3) is 1.09. The average molecular weight is 105 g/mol. The molecule has 1 aliphatic carbocycles. The normalized spacial score (nSPS) is 21.2. The van der Waals surface area contributed by atoms with Crippen molar-refractivity contribution >= 4 is 12.6 Å². The SMILES string of the molecule is O/B=C1\[C]=CC=CC1. The zero-order valence-corrected chi connectivity index (χ0v) is 4.46. The van der Waals surface area contributed by atoms with E-state index in [1.807, 2.05) is 12.2 Å². The predicted octanol–water partition coefficient (Wildman–Crippen LogP) is 0.0896. The molecule has 0 aromatic heterocycles. The molecule has 0 atom stereocenters. The van der Waals surface area contributed by atoms with Crippen LogP contribution in [-0.4, -0.2) is 17.6 Å². The van der Waals surface area contributed by atoms with Crippen LogP contribution in [0.25, 0.3) is 0 Å². The van der Waals surface area contributed by atoms with Crippen LogP contribution in [0.4, 0.5) is 0 Å². The summed E-state index contributed by atoms with van der Waals surface area (Å²) in [6.07, 6.45) is 9.33. The van der Waals surface area contributed by atoms with E-state index in [2.05, 4.69) is 6.08 Å². The molecule has 0 aromatic carbocycles. The summed E-state index contributed by atoms with van der Waals surface area (Å²) in [5, 5.41) is 8.41. The van der Waals surface area contributed by atoms with E-state index >= 15 is 0 Å². The molecule has 0 saturated heterocycles. The third-order valence-corrected chi connectivity index (χ3v) is 0.995. The fourth-order valence-corrected chi connectivity index (χ4v) is 0.567. The minimum atomic E-state index is 0.799. The quantitative estimate of drug-likeness (QED) is 0.433. The Bertz CT molecular complexity index is 156. The molecule has 0 saturated carbocycles. The fourth-order valence-electron chi connectivity index (χ4n) is 0.567. The molecule has 0 aliphatic heterocycles. The molecule has 0 bridgehead atoms. The molecule has 0 spiro atoms. The zero-order valence-electron chi connectivity index (χ0n) is 4.46. The van der Waals surface area contributed by atoms with Gasteiger partial charge in [0, 0.05) is 0 Å². The van der Waals surface area contributed by atoms with Gasteiger partial charge < -0.3 is 0 Å². The van der Waals surface area contributed by atoms with Gasteiger partial charge in [0.05, 0.1) is 0 Å². The molecule has 0 aromatic rings. The molecule has 2 heteroatoms. The zero-order chi connectivity index (χ0) is 5.82. The molecule has 0 amide bonds. The van der Waals surface area contributed by atoms with Crippen LogP contribution in [0.2, 0.25) is 0 Å². The number of hydrogen-bond acceptors (Lipinski definition) is 1. The molecule has 1 N–H and O–H groups in total. The van der Waals surface area contributed by atoms with Gasteiger partial charge in [-0.3, -0.25) is 0 Å². The summed E-state index contributed by atoms with van der Waals surface area (Å²) in [7, 11) is 1.08. The van der Waals surface area contributed by atoms with Crippen molar-refractivity contribution in [3.8, 4) is 0 Å². The van der Waals surface area contributed by atoms with E-state index in [0.29, 0.717) is 0 Å². The summed E-state index contributed by atoms with van der Waals surface area (Å²) in [6, 6.07) is 0. The fraction of sp³-hybridized carbons (Fsp3) is 0.167. The van der Waals surface area contributed by atoms with Crippen LogP contribution < -0.4 is 0 Å². The Labute approximate surface area is 49.3 Å². The number of hydrogen-bond donors (Lipinski definition) is 1. The first-order valence-electron chi connectivity index (χ1n) is 2.51. The van der Waals surface area contributed by atoms with Crippen molar-refractivity contribution < 1.29 is 5.02 Å². The van der Waals surface area contributed by atoms with Gasteiger partial charge in [0.1, 0.15) is 0 Å². The maximum atomic E-state index is 8.41. The third-order valence-electron chi connectivity index (χ3n) is 0.995. The van der Waals surface area contributed by atoms with Crippen LogP contribution >= 0.6 is 0 Å². The molecule has 1 aliphatic rings. The van der Waals surface area contributed by atoms with Crippen molar-refractivity contribution in [3.63, 3.8) is 0 Å². The standard InChI is InChI=1S/C6H6BO/c8-7-6-4-2-1-3-5-6/h1-3,8H,4H2. The van der Waals surface area contributed by atoms with Crippen LogP contribution in [0.3, 0.4) is 0 Å². The Balaban J connectivity index is 2.66. The minimum absolute atomic E-state index is 0.799. The molecule has 0 unspecified atom stereocenters. The molecule has 39 valence electrons. The van der Waals surface area contributed by atoms with E-state index < -0.39 is 0 Å². The van der Waals surface area contributed by atoms with Crippen LogP contribution in [0.5, 0.6) is 0 Å². The second-order valence-corrected chi connectivity index (χ2v) is 1.60. The first-order valence-corrected chi connectivity index (χ1v) is 2.51. The monoisotopic (exact) mass is 105 g/mol. The summed E-state index contributed by atoms with van der Waals surface area (Å²) in [4.78, 5) is 0. The van der Waals surface area contributed by atoms with Gasteiger partial charge in [-0.25, -0.2) is 0 Å². The van der Waals surface area contributed by atoms with Crippen LogP contribution in [0, 0.1) is 6.08 Å². The maximum absolute atomic E-state index is 8.41. The van der Waals surface area contributed by atoms with Gasteiger partial charge in [-0.1, -0.05) is 0 Å². The molecule has 8 heavy (non-hydrogen) atoms. The van der Waals surface area contributed by atoms with Crippen molar-refractivity contribution in [2.24, 2.45) is 0 Å². The molecular weight excluding hydrogens is 98.9 g/mol. The predicted molar refractivity (Wildman–Crippen MR) is 34.5 cm³/mol.